The van der Waals surface area contributed by atoms with Crippen LogP contribution in [0.1, 0.15) is 33.1 Å². The summed E-state index contributed by atoms with van der Waals surface area (Å²) in [6.45, 7) is 4.00. The van der Waals surface area contributed by atoms with Crippen molar-refractivity contribution >= 4 is 11.8 Å². The van der Waals surface area contributed by atoms with Gasteiger partial charge < -0.3 is 4.74 Å². The Labute approximate surface area is 126 Å². The highest BCUT2D eigenvalue weighted by atomic mass is 16.5. The van der Waals surface area contributed by atoms with Gasteiger partial charge in [-0.25, -0.2) is 4.79 Å². The number of ether oxygens (including phenoxy) is 1. The molecule has 0 radical (unpaired) electrons. The molecule has 0 spiro atoms. The van der Waals surface area contributed by atoms with E-state index < -0.39 is 5.97 Å². The maximum absolute atomic E-state index is 12.3. The Bertz CT molecular complexity index is 543. The van der Waals surface area contributed by atoms with Crippen LogP contribution in [0.15, 0.2) is 59.3 Å². The summed E-state index contributed by atoms with van der Waals surface area (Å²) in [5.74, 6) is -0.593. The molecule has 3 nitrogen and oxygen atoms in total. The van der Waals surface area contributed by atoms with Gasteiger partial charge in [0.1, 0.15) is 0 Å². The third-order valence-electron chi connectivity index (χ3n) is 3.08. The number of carbonyl (C=O) groups is 2. The fraction of sp³-hybridized carbons (Fsp3) is 0.333. The van der Waals surface area contributed by atoms with Crippen LogP contribution in [0, 0.1) is 0 Å². The topological polar surface area (TPSA) is 43.4 Å². The summed E-state index contributed by atoms with van der Waals surface area (Å²) in [6, 6.07) is 0. The lowest BCUT2D eigenvalue weighted by atomic mass is 9.92. The zero-order valence-electron chi connectivity index (χ0n) is 12.9. The largest absolute Gasteiger partial charge is 0.465 e. The van der Waals surface area contributed by atoms with E-state index >= 15 is 0 Å². The number of hydrogen-bond donors (Lipinski definition) is 0. The summed E-state index contributed by atoms with van der Waals surface area (Å²) in [5.41, 5.74) is 1.39. The molecule has 2 aliphatic rings. The van der Waals surface area contributed by atoms with Crippen LogP contribution in [0.3, 0.4) is 0 Å². The van der Waals surface area contributed by atoms with Crippen molar-refractivity contribution < 1.29 is 14.3 Å². The van der Waals surface area contributed by atoms with E-state index in [1.807, 2.05) is 38.2 Å². The van der Waals surface area contributed by atoms with Gasteiger partial charge in [0.25, 0.3) is 0 Å². The molecular formula is C18H22O3. The monoisotopic (exact) mass is 286 g/mol. The molecule has 0 amide bonds. The average molecular weight is 286 g/mol. The van der Waals surface area contributed by atoms with Gasteiger partial charge in [-0.15, -0.1) is 0 Å². The number of ketones is 1. The van der Waals surface area contributed by atoms with E-state index in [-0.39, 0.29) is 5.78 Å². The lowest BCUT2D eigenvalue weighted by Crippen LogP contribution is -2.16. The van der Waals surface area contributed by atoms with E-state index in [1.54, 1.807) is 18.2 Å². The van der Waals surface area contributed by atoms with Crippen molar-refractivity contribution in [3.8, 4) is 0 Å². The molecule has 0 aromatic heterocycles. The minimum atomic E-state index is -0.477. The Morgan fingerprint density at radius 1 is 1.05 bits per heavy atom. The number of allylic oxidation sites excluding steroid dienone is 8. The highest BCUT2D eigenvalue weighted by molar-refractivity contribution is 6.19. The van der Waals surface area contributed by atoms with Crippen LogP contribution in [-0.4, -0.2) is 18.9 Å². The molecule has 3 heteroatoms. The fourth-order valence-electron chi connectivity index (χ4n) is 1.94. The van der Waals surface area contributed by atoms with Gasteiger partial charge in [-0.05, 0) is 25.3 Å². The number of methoxy groups -OCH3 is 1. The standard InChI is InChI=1S/C16H16O3.C2H6/c1-19-16(18)14-11-6-4-2-3-5-10-13(14)15(17)12-8-7-9-12;1-2/h4,6-11H,2-3,5H2,1H3;1-2H3/b6-4+,13-10+,14-11+;. The molecule has 0 aromatic rings. The third-order valence-corrected chi connectivity index (χ3v) is 3.08. The van der Waals surface area contributed by atoms with Crippen molar-refractivity contribution in [2.45, 2.75) is 33.1 Å². The van der Waals surface area contributed by atoms with E-state index in [0.717, 1.165) is 19.3 Å². The Morgan fingerprint density at radius 3 is 2.33 bits per heavy atom. The van der Waals surface area contributed by atoms with Crippen LogP contribution in [0.25, 0.3) is 0 Å². The second-order valence-corrected chi connectivity index (χ2v) is 4.36. The van der Waals surface area contributed by atoms with Crippen molar-refractivity contribution in [3.05, 3.63) is 59.3 Å². The Hall–Kier alpha value is -2.16. The van der Waals surface area contributed by atoms with Gasteiger partial charge in [0.15, 0.2) is 5.78 Å². The van der Waals surface area contributed by atoms with Crippen molar-refractivity contribution in [1.82, 2.24) is 0 Å². The van der Waals surface area contributed by atoms with E-state index in [9.17, 15) is 9.59 Å². The van der Waals surface area contributed by atoms with E-state index in [1.165, 1.54) is 7.11 Å². The minimum Gasteiger partial charge on any atom is -0.465 e. The molecule has 0 fully saturated rings. The average Bonchev–Trinajstić information content (AvgIpc) is 2.58. The summed E-state index contributed by atoms with van der Waals surface area (Å²) in [5, 5.41) is 0. The third kappa shape index (κ3) is 4.42. The van der Waals surface area contributed by atoms with E-state index in [4.69, 9.17) is 4.74 Å². The predicted octanol–water partition coefficient (Wildman–Crippen LogP) is 3.84. The minimum absolute atomic E-state index is 0.116. The molecule has 2 rings (SSSR count). The van der Waals surface area contributed by atoms with Gasteiger partial charge in [-0.3, -0.25) is 4.79 Å². The van der Waals surface area contributed by atoms with Crippen LogP contribution in [0.2, 0.25) is 0 Å². The number of Topliss-reactive ketones (excluding diaryl/α,β-unsaturated/α-hetero) is 1. The van der Waals surface area contributed by atoms with Crippen LogP contribution < -0.4 is 0 Å². The second kappa shape index (κ2) is 8.90. The fourth-order valence-corrected chi connectivity index (χ4v) is 1.94. The molecule has 0 unspecified atom stereocenters. The van der Waals surface area contributed by atoms with Crippen molar-refractivity contribution in [2.75, 3.05) is 7.11 Å². The van der Waals surface area contributed by atoms with Crippen molar-refractivity contribution in [2.24, 2.45) is 0 Å². The Morgan fingerprint density at radius 2 is 1.76 bits per heavy atom. The summed E-state index contributed by atoms with van der Waals surface area (Å²) < 4.78 is 4.77. The van der Waals surface area contributed by atoms with Gasteiger partial charge in [-0.1, -0.05) is 50.3 Å². The Balaban J connectivity index is 0.00000106. The molecule has 0 aromatic carbocycles. The van der Waals surface area contributed by atoms with Crippen LogP contribution in [0.5, 0.6) is 0 Å². The second-order valence-electron chi connectivity index (χ2n) is 4.36. The zero-order valence-corrected chi connectivity index (χ0v) is 12.9. The molecule has 0 atom stereocenters. The van der Waals surface area contributed by atoms with E-state index in [2.05, 4.69) is 0 Å². The van der Waals surface area contributed by atoms with Crippen LogP contribution in [0.4, 0.5) is 0 Å². The first-order chi connectivity index (χ1) is 10.2. The van der Waals surface area contributed by atoms with Crippen molar-refractivity contribution in [3.63, 3.8) is 0 Å². The maximum atomic E-state index is 12.3. The lowest BCUT2D eigenvalue weighted by molar-refractivity contribution is -0.136. The number of hydrogen-bond acceptors (Lipinski definition) is 3. The molecule has 0 bridgehead atoms. The van der Waals surface area contributed by atoms with E-state index in [0.29, 0.717) is 16.7 Å². The molecule has 0 aliphatic heterocycles. The normalized spacial score (nSPS) is 23.1. The summed E-state index contributed by atoms with van der Waals surface area (Å²) in [7, 11) is 1.32. The molecule has 0 saturated carbocycles. The highest BCUT2D eigenvalue weighted by Gasteiger charge is 2.23. The van der Waals surface area contributed by atoms with Gasteiger partial charge in [-0.2, -0.15) is 0 Å². The molecule has 0 heterocycles. The number of rotatable bonds is 3. The molecule has 21 heavy (non-hydrogen) atoms. The molecule has 0 saturated heterocycles. The van der Waals surface area contributed by atoms with Gasteiger partial charge in [0, 0.05) is 11.1 Å². The molecule has 2 aliphatic carbocycles. The molecule has 0 N–H and O–H groups in total. The smallest absolute Gasteiger partial charge is 0.338 e. The van der Waals surface area contributed by atoms with Gasteiger partial charge in [0.2, 0.25) is 0 Å². The molecular weight excluding hydrogens is 264 g/mol. The first-order valence-electron chi connectivity index (χ1n) is 7.33. The number of esters is 1. The van der Waals surface area contributed by atoms with Crippen molar-refractivity contribution in [1.29, 1.82) is 0 Å². The summed E-state index contributed by atoms with van der Waals surface area (Å²) in [4.78, 5) is 24.2. The summed E-state index contributed by atoms with van der Waals surface area (Å²) >= 11 is 0. The van der Waals surface area contributed by atoms with Gasteiger partial charge >= 0.3 is 5.97 Å². The van der Waals surface area contributed by atoms with Crippen LogP contribution in [-0.2, 0) is 14.3 Å². The first kappa shape index (κ1) is 16.9. The highest BCUT2D eigenvalue weighted by Crippen LogP contribution is 2.23. The quantitative estimate of drug-likeness (QED) is 0.740. The molecule has 112 valence electrons. The first-order valence-corrected chi connectivity index (χ1v) is 7.33. The number of carbonyl (C=O) groups excluding carboxylic acids is 2. The van der Waals surface area contributed by atoms with Gasteiger partial charge in [0.05, 0.1) is 12.7 Å². The SMILES string of the molecule is CC.COC(=O)C1=C/C=C/CCC/C=C\1C(=O)C1=CC=C1. The summed E-state index contributed by atoms with van der Waals surface area (Å²) in [6.07, 6.45) is 15.3. The maximum Gasteiger partial charge on any atom is 0.338 e. The van der Waals surface area contributed by atoms with Crippen LogP contribution >= 0.6 is 0 Å². The Kier molecular flexibility index (Phi) is 7.16. The lowest BCUT2D eigenvalue weighted by Gasteiger charge is -2.12. The zero-order chi connectivity index (χ0) is 15.7. The predicted molar refractivity (Wildman–Crippen MR) is 84.8 cm³/mol.